The molecule has 0 aliphatic heterocycles. The molecule has 0 radical (unpaired) electrons. The van der Waals surface area contributed by atoms with E-state index in [1.807, 2.05) is 31.2 Å². The highest BCUT2D eigenvalue weighted by molar-refractivity contribution is 6.00. The quantitative estimate of drug-likeness (QED) is 0.782. The molecular formula is C18H20O2. The summed E-state index contributed by atoms with van der Waals surface area (Å²) in [7, 11) is 1.60. The first-order valence-electron chi connectivity index (χ1n) is 6.75. The Morgan fingerprint density at radius 1 is 1.00 bits per heavy atom. The molecule has 2 heteroatoms. The summed E-state index contributed by atoms with van der Waals surface area (Å²) in [4.78, 5) is 12.4. The largest absolute Gasteiger partial charge is 0.496 e. The third-order valence-corrected chi connectivity index (χ3v) is 3.59. The maximum Gasteiger partial charge on any atom is 0.170 e. The van der Waals surface area contributed by atoms with Crippen LogP contribution in [-0.4, -0.2) is 12.9 Å². The predicted molar refractivity (Wildman–Crippen MR) is 81.7 cm³/mol. The van der Waals surface area contributed by atoms with Crippen LogP contribution in [0, 0.1) is 20.8 Å². The first kappa shape index (κ1) is 14.3. The van der Waals surface area contributed by atoms with Gasteiger partial charge in [-0.3, -0.25) is 4.79 Å². The molecule has 0 heterocycles. The highest BCUT2D eigenvalue weighted by atomic mass is 16.5. The highest BCUT2D eigenvalue weighted by Gasteiger charge is 2.13. The SMILES string of the molecule is COc1cc(C)ccc1C(=O)Cc1ccc(C)c(C)c1. The average molecular weight is 268 g/mol. The van der Waals surface area contributed by atoms with Crippen LogP contribution in [0.1, 0.15) is 32.6 Å². The summed E-state index contributed by atoms with van der Waals surface area (Å²) in [5, 5.41) is 0. The second-order valence-electron chi connectivity index (χ2n) is 5.22. The van der Waals surface area contributed by atoms with Crippen molar-refractivity contribution in [1.82, 2.24) is 0 Å². The van der Waals surface area contributed by atoms with Gasteiger partial charge in [-0.05, 0) is 55.2 Å². The standard InChI is InChI=1S/C18H20O2/c1-12-5-8-16(18(9-12)20-4)17(19)11-15-7-6-13(2)14(3)10-15/h5-10H,11H2,1-4H3. The summed E-state index contributed by atoms with van der Waals surface area (Å²) < 4.78 is 5.31. The van der Waals surface area contributed by atoms with Gasteiger partial charge in [0, 0.05) is 6.42 Å². The van der Waals surface area contributed by atoms with E-state index in [-0.39, 0.29) is 5.78 Å². The Morgan fingerprint density at radius 2 is 1.75 bits per heavy atom. The zero-order chi connectivity index (χ0) is 14.7. The van der Waals surface area contributed by atoms with Crippen molar-refractivity contribution in [3.05, 3.63) is 64.2 Å². The first-order valence-corrected chi connectivity index (χ1v) is 6.75. The number of benzene rings is 2. The van der Waals surface area contributed by atoms with Gasteiger partial charge in [0.2, 0.25) is 0 Å². The Hall–Kier alpha value is -2.09. The van der Waals surface area contributed by atoms with Crippen molar-refractivity contribution in [2.45, 2.75) is 27.2 Å². The number of Topliss-reactive ketones (excluding diaryl/α,β-unsaturated/α-hetero) is 1. The normalized spacial score (nSPS) is 10.4. The summed E-state index contributed by atoms with van der Waals surface area (Å²) in [6, 6.07) is 11.8. The summed E-state index contributed by atoms with van der Waals surface area (Å²) >= 11 is 0. The van der Waals surface area contributed by atoms with Gasteiger partial charge in [0.25, 0.3) is 0 Å². The van der Waals surface area contributed by atoms with E-state index in [2.05, 4.69) is 26.0 Å². The zero-order valence-electron chi connectivity index (χ0n) is 12.5. The minimum Gasteiger partial charge on any atom is -0.496 e. The highest BCUT2D eigenvalue weighted by Crippen LogP contribution is 2.22. The van der Waals surface area contributed by atoms with E-state index in [1.165, 1.54) is 11.1 Å². The maximum atomic E-state index is 12.4. The molecule has 2 aromatic rings. The Balaban J connectivity index is 2.25. The van der Waals surface area contributed by atoms with Crippen LogP contribution >= 0.6 is 0 Å². The molecule has 104 valence electrons. The number of hydrogen-bond acceptors (Lipinski definition) is 2. The van der Waals surface area contributed by atoms with Crippen LogP contribution in [0.2, 0.25) is 0 Å². The second kappa shape index (κ2) is 5.91. The van der Waals surface area contributed by atoms with Crippen LogP contribution in [0.25, 0.3) is 0 Å². The number of ether oxygens (including phenoxy) is 1. The molecular weight excluding hydrogens is 248 g/mol. The number of hydrogen-bond donors (Lipinski definition) is 0. The Kier molecular flexibility index (Phi) is 4.23. The lowest BCUT2D eigenvalue weighted by Crippen LogP contribution is -2.06. The van der Waals surface area contributed by atoms with Crippen molar-refractivity contribution in [2.24, 2.45) is 0 Å². The van der Waals surface area contributed by atoms with Crippen LogP contribution in [0.15, 0.2) is 36.4 Å². The topological polar surface area (TPSA) is 26.3 Å². The number of ketones is 1. The molecule has 0 bridgehead atoms. The molecule has 2 aromatic carbocycles. The van der Waals surface area contributed by atoms with Crippen molar-refractivity contribution >= 4 is 5.78 Å². The lowest BCUT2D eigenvalue weighted by Gasteiger charge is -2.09. The van der Waals surface area contributed by atoms with Crippen LogP contribution in [-0.2, 0) is 6.42 Å². The van der Waals surface area contributed by atoms with Crippen LogP contribution < -0.4 is 4.74 Å². The van der Waals surface area contributed by atoms with Crippen molar-refractivity contribution in [2.75, 3.05) is 7.11 Å². The van der Waals surface area contributed by atoms with Crippen LogP contribution in [0.5, 0.6) is 5.75 Å². The van der Waals surface area contributed by atoms with Gasteiger partial charge in [-0.25, -0.2) is 0 Å². The predicted octanol–water partition coefficient (Wildman–Crippen LogP) is 4.05. The summed E-state index contributed by atoms with van der Waals surface area (Å²) in [6.45, 7) is 6.12. The van der Waals surface area contributed by atoms with Gasteiger partial charge < -0.3 is 4.74 Å². The Bertz CT molecular complexity index is 642. The van der Waals surface area contributed by atoms with Gasteiger partial charge in [0.15, 0.2) is 5.78 Å². The van der Waals surface area contributed by atoms with Crippen LogP contribution in [0.3, 0.4) is 0 Å². The molecule has 0 spiro atoms. The monoisotopic (exact) mass is 268 g/mol. The van der Waals surface area contributed by atoms with Crippen molar-refractivity contribution in [3.8, 4) is 5.75 Å². The fourth-order valence-corrected chi connectivity index (χ4v) is 2.22. The molecule has 2 rings (SSSR count). The number of carbonyl (C=O) groups excluding carboxylic acids is 1. The summed E-state index contributed by atoms with van der Waals surface area (Å²) in [5.41, 5.74) is 5.24. The molecule has 0 saturated carbocycles. The zero-order valence-corrected chi connectivity index (χ0v) is 12.5. The molecule has 0 fully saturated rings. The van der Waals surface area contributed by atoms with Gasteiger partial charge in [-0.15, -0.1) is 0 Å². The Labute approximate surface area is 120 Å². The van der Waals surface area contributed by atoms with Gasteiger partial charge in [0.05, 0.1) is 12.7 Å². The van der Waals surface area contributed by atoms with E-state index in [4.69, 9.17) is 4.74 Å². The molecule has 20 heavy (non-hydrogen) atoms. The van der Waals surface area contributed by atoms with Crippen molar-refractivity contribution < 1.29 is 9.53 Å². The third-order valence-electron chi connectivity index (χ3n) is 3.59. The Morgan fingerprint density at radius 3 is 2.40 bits per heavy atom. The van der Waals surface area contributed by atoms with E-state index >= 15 is 0 Å². The van der Waals surface area contributed by atoms with Gasteiger partial charge in [-0.1, -0.05) is 24.3 Å². The van der Waals surface area contributed by atoms with E-state index in [9.17, 15) is 4.79 Å². The molecule has 0 N–H and O–H groups in total. The lowest BCUT2D eigenvalue weighted by molar-refractivity contribution is 0.0990. The van der Waals surface area contributed by atoms with Crippen molar-refractivity contribution in [3.63, 3.8) is 0 Å². The molecule has 0 atom stereocenters. The minimum absolute atomic E-state index is 0.0881. The fourth-order valence-electron chi connectivity index (χ4n) is 2.22. The number of carbonyl (C=O) groups is 1. The first-order chi connectivity index (χ1) is 9.51. The molecule has 0 aliphatic rings. The molecule has 2 nitrogen and oxygen atoms in total. The summed E-state index contributed by atoms with van der Waals surface area (Å²) in [5.74, 6) is 0.740. The minimum atomic E-state index is 0.0881. The molecule has 0 aliphatic carbocycles. The maximum absolute atomic E-state index is 12.4. The van der Waals surface area contributed by atoms with Crippen molar-refractivity contribution in [1.29, 1.82) is 0 Å². The number of methoxy groups -OCH3 is 1. The second-order valence-corrected chi connectivity index (χ2v) is 5.22. The van der Waals surface area contributed by atoms with E-state index in [0.29, 0.717) is 17.7 Å². The average Bonchev–Trinajstić information content (AvgIpc) is 2.42. The molecule has 0 saturated heterocycles. The smallest absolute Gasteiger partial charge is 0.170 e. The number of aryl methyl sites for hydroxylation is 3. The van der Waals surface area contributed by atoms with Crippen LogP contribution in [0.4, 0.5) is 0 Å². The van der Waals surface area contributed by atoms with E-state index in [1.54, 1.807) is 7.11 Å². The third kappa shape index (κ3) is 3.08. The lowest BCUT2D eigenvalue weighted by atomic mass is 9.98. The summed E-state index contributed by atoms with van der Waals surface area (Å²) in [6.07, 6.45) is 0.403. The molecule has 0 aromatic heterocycles. The number of rotatable bonds is 4. The van der Waals surface area contributed by atoms with Gasteiger partial charge in [0.1, 0.15) is 5.75 Å². The van der Waals surface area contributed by atoms with Gasteiger partial charge in [-0.2, -0.15) is 0 Å². The van der Waals surface area contributed by atoms with Gasteiger partial charge >= 0.3 is 0 Å². The molecule has 0 amide bonds. The molecule has 0 unspecified atom stereocenters. The fraction of sp³-hybridized carbons (Fsp3) is 0.278. The van der Waals surface area contributed by atoms with E-state index < -0.39 is 0 Å². The van der Waals surface area contributed by atoms with E-state index in [0.717, 1.165) is 11.1 Å².